The second-order valence-electron chi connectivity index (χ2n) is 5.81. The van der Waals surface area contributed by atoms with Crippen LogP contribution in [0.2, 0.25) is 0 Å². The highest BCUT2D eigenvalue weighted by molar-refractivity contribution is 5.76. The van der Waals surface area contributed by atoms with Crippen LogP contribution in [-0.4, -0.2) is 35.5 Å². The molecule has 0 fully saturated rings. The van der Waals surface area contributed by atoms with E-state index in [0.29, 0.717) is 12.3 Å². The fourth-order valence-corrected chi connectivity index (χ4v) is 2.37. The molecule has 2 aromatic rings. The van der Waals surface area contributed by atoms with Crippen molar-refractivity contribution in [3.05, 3.63) is 65.2 Å². The van der Waals surface area contributed by atoms with Crippen LogP contribution in [0.3, 0.4) is 0 Å². The number of carbonyl (C=O) groups is 2. The van der Waals surface area contributed by atoms with E-state index < -0.39 is 24.2 Å². The zero-order valence-electron chi connectivity index (χ0n) is 14.2. The van der Waals surface area contributed by atoms with Gasteiger partial charge in [-0.15, -0.1) is 0 Å². The van der Waals surface area contributed by atoms with Crippen molar-refractivity contribution in [2.45, 2.75) is 19.4 Å². The molecule has 1 N–H and O–H groups in total. The number of aliphatic carboxylic acids is 1. The molecular formula is C19H19F2NO4. The summed E-state index contributed by atoms with van der Waals surface area (Å²) in [7, 11) is 1.62. The first-order valence-electron chi connectivity index (χ1n) is 7.96. The molecule has 0 spiro atoms. The summed E-state index contributed by atoms with van der Waals surface area (Å²) in [5, 5.41) is 8.56. The van der Waals surface area contributed by atoms with Gasteiger partial charge in [-0.25, -0.2) is 13.6 Å². The van der Waals surface area contributed by atoms with Crippen LogP contribution in [-0.2, 0) is 22.6 Å². The van der Waals surface area contributed by atoms with Gasteiger partial charge in [0, 0.05) is 20.0 Å². The standard InChI is InChI=1S/C19H19F2NO4/c1-22(11-13-2-6-16(7-3-13)26-12-19(24)25)18(23)9-4-14-10-15(20)5-8-17(14)21/h2-3,5-8,10H,4,9,11-12H2,1H3,(H,24,25). The number of ether oxygens (including phenoxy) is 1. The molecule has 1 amide bonds. The molecule has 0 bridgehead atoms. The van der Waals surface area contributed by atoms with Gasteiger partial charge in [-0.1, -0.05) is 12.1 Å². The van der Waals surface area contributed by atoms with E-state index in [1.165, 1.54) is 4.90 Å². The molecule has 0 saturated heterocycles. The summed E-state index contributed by atoms with van der Waals surface area (Å²) in [5.74, 6) is -1.90. The number of hydrogen-bond donors (Lipinski definition) is 1. The summed E-state index contributed by atoms with van der Waals surface area (Å²) in [6, 6.07) is 9.89. The molecule has 5 nitrogen and oxygen atoms in total. The lowest BCUT2D eigenvalue weighted by Gasteiger charge is -2.17. The number of carboxylic acids is 1. The molecule has 0 heterocycles. The van der Waals surface area contributed by atoms with Crippen LogP contribution in [0.4, 0.5) is 8.78 Å². The Morgan fingerprint density at radius 1 is 1.12 bits per heavy atom. The van der Waals surface area contributed by atoms with E-state index in [-0.39, 0.29) is 24.3 Å². The molecule has 0 unspecified atom stereocenters. The molecule has 0 aliphatic rings. The molecule has 0 aliphatic heterocycles. The minimum absolute atomic E-state index is 0.0662. The summed E-state index contributed by atoms with van der Waals surface area (Å²) < 4.78 is 31.8. The summed E-state index contributed by atoms with van der Waals surface area (Å²) in [6.45, 7) is -0.0853. The van der Waals surface area contributed by atoms with E-state index in [1.54, 1.807) is 31.3 Å². The van der Waals surface area contributed by atoms with Crippen molar-refractivity contribution < 1.29 is 28.2 Å². The SMILES string of the molecule is CN(Cc1ccc(OCC(=O)O)cc1)C(=O)CCc1cc(F)ccc1F. The number of amides is 1. The van der Waals surface area contributed by atoms with Crippen molar-refractivity contribution in [3.63, 3.8) is 0 Å². The highest BCUT2D eigenvalue weighted by Crippen LogP contribution is 2.15. The van der Waals surface area contributed by atoms with E-state index in [2.05, 4.69) is 0 Å². The number of carbonyl (C=O) groups excluding carboxylic acids is 1. The maximum Gasteiger partial charge on any atom is 0.341 e. The van der Waals surface area contributed by atoms with Gasteiger partial charge in [0.2, 0.25) is 5.91 Å². The smallest absolute Gasteiger partial charge is 0.341 e. The minimum Gasteiger partial charge on any atom is -0.482 e. The van der Waals surface area contributed by atoms with Crippen LogP contribution in [0.5, 0.6) is 5.75 Å². The molecule has 138 valence electrons. The van der Waals surface area contributed by atoms with Gasteiger partial charge >= 0.3 is 5.97 Å². The predicted molar refractivity (Wildman–Crippen MR) is 90.7 cm³/mol. The number of carboxylic acid groups (broad SMARTS) is 1. The molecule has 0 saturated carbocycles. The molecule has 7 heteroatoms. The minimum atomic E-state index is -1.06. The van der Waals surface area contributed by atoms with Crippen LogP contribution >= 0.6 is 0 Å². The van der Waals surface area contributed by atoms with Crippen LogP contribution < -0.4 is 4.74 Å². The fourth-order valence-electron chi connectivity index (χ4n) is 2.37. The van der Waals surface area contributed by atoms with E-state index >= 15 is 0 Å². The Labute approximate surface area is 149 Å². The quantitative estimate of drug-likeness (QED) is 0.783. The zero-order valence-corrected chi connectivity index (χ0v) is 14.2. The summed E-state index contributed by atoms with van der Waals surface area (Å²) in [5.41, 5.74) is 1.01. The lowest BCUT2D eigenvalue weighted by atomic mass is 10.1. The third kappa shape index (κ3) is 5.84. The van der Waals surface area contributed by atoms with Crippen LogP contribution in [0.25, 0.3) is 0 Å². The van der Waals surface area contributed by atoms with Crippen molar-refractivity contribution in [3.8, 4) is 5.75 Å². The Bertz CT molecular complexity index is 778. The van der Waals surface area contributed by atoms with Crippen molar-refractivity contribution in [1.29, 1.82) is 0 Å². The van der Waals surface area contributed by atoms with Crippen LogP contribution in [0, 0.1) is 11.6 Å². The second kappa shape index (κ2) is 8.94. The van der Waals surface area contributed by atoms with Gasteiger partial charge < -0.3 is 14.7 Å². The molecule has 0 atom stereocenters. The first-order valence-corrected chi connectivity index (χ1v) is 7.96. The number of halogens is 2. The van der Waals surface area contributed by atoms with E-state index in [1.807, 2.05) is 0 Å². The van der Waals surface area contributed by atoms with Gasteiger partial charge in [0.25, 0.3) is 0 Å². The first-order chi connectivity index (χ1) is 12.3. The van der Waals surface area contributed by atoms with Crippen LogP contribution in [0.1, 0.15) is 17.5 Å². The summed E-state index contributed by atoms with van der Waals surface area (Å²) in [6.07, 6.45) is 0.186. The number of aryl methyl sites for hydroxylation is 1. The lowest BCUT2D eigenvalue weighted by Crippen LogP contribution is -2.26. The number of hydrogen-bond acceptors (Lipinski definition) is 3. The molecule has 0 aliphatic carbocycles. The Morgan fingerprint density at radius 3 is 2.46 bits per heavy atom. The maximum absolute atomic E-state index is 13.6. The lowest BCUT2D eigenvalue weighted by molar-refractivity contribution is -0.139. The predicted octanol–water partition coefficient (Wildman–Crippen LogP) is 3.02. The topological polar surface area (TPSA) is 66.8 Å². The van der Waals surface area contributed by atoms with Crippen molar-refractivity contribution in [2.75, 3.05) is 13.7 Å². The average molecular weight is 363 g/mol. The number of rotatable bonds is 8. The van der Waals surface area contributed by atoms with Crippen LogP contribution in [0.15, 0.2) is 42.5 Å². The first kappa shape index (κ1) is 19.4. The Balaban J connectivity index is 1.86. The third-order valence-corrected chi connectivity index (χ3v) is 3.75. The Kier molecular flexibility index (Phi) is 6.66. The van der Waals surface area contributed by atoms with Gasteiger partial charge in [0.1, 0.15) is 17.4 Å². The van der Waals surface area contributed by atoms with E-state index in [0.717, 1.165) is 23.8 Å². The van der Waals surface area contributed by atoms with Gasteiger partial charge in [-0.05, 0) is 47.9 Å². The largest absolute Gasteiger partial charge is 0.482 e. The molecule has 2 aromatic carbocycles. The Morgan fingerprint density at radius 2 is 1.81 bits per heavy atom. The van der Waals surface area contributed by atoms with Gasteiger partial charge in [-0.3, -0.25) is 4.79 Å². The Hall–Kier alpha value is -2.96. The average Bonchev–Trinajstić information content (AvgIpc) is 2.61. The molecular weight excluding hydrogens is 344 g/mol. The molecule has 26 heavy (non-hydrogen) atoms. The van der Waals surface area contributed by atoms with Gasteiger partial charge in [0.15, 0.2) is 6.61 Å². The van der Waals surface area contributed by atoms with E-state index in [4.69, 9.17) is 9.84 Å². The number of nitrogens with zero attached hydrogens (tertiary/aromatic N) is 1. The highest BCUT2D eigenvalue weighted by Gasteiger charge is 2.12. The second-order valence-corrected chi connectivity index (χ2v) is 5.81. The molecule has 0 aromatic heterocycles. The maximum atomic E-state index is 13.6. The van der Waals surface area contributed by atoms with E-state index in [9.17, 15) is 18.4 Å². The zero-order chi connectivity index (χ0) is 19.1. The van der Waals surface area contributed by atoms with Crippen molar-refractivity contribution in [2.24, 2.45) is 0 Å². The summed E-state index contributed by atoms with van der Waals surface area (Å²) in [4.78, 5) is 24.1. The van der Waals surface area contributed by atoms with Gasteiger partial charge in [-0.2, -0.15) is 0 Å². The molecule has 0 radical (unpaired) electrons. The number of benzene rings is 2. The highest BCUT2D eigenvalue weighted by atomic mass is 19.1. The molecule has 2 rings (SSSR count). The fraction of sp³-hybridized carbons (Fsp3) is 0.263. The van der Waals surface area contributed by atoms with Crippen molar-refractivity contribution >= 4 is 11.9 Å². The van der Waals surface area contributed by atoms with Gasteiger partial charge in [0.05, 0.1) is 0 Å². The third-order valence-electron chi connectivity index (χ3n) is 3.75. The monoisotopic (exact) mass is 363 g/mol. The summed E-state index contributed by atoms with van der Waals surface area (Å²) >= 11 is 0. The van der Waals surface area contributed by atoms with Crippen molar-refractivity contribution in [1.82, 2.24) is 4.90 Å². The normalized spacial score (nSPS) is 10.4.